The van der Waals surface area contributed by atoms with E-state index >= 15 is 0 Å². The lowest BCUT2D eigenvalue weighted by atomic mass is 9.96. The van der Waals surface area contributed by atoms with Gasteiger partial charge in [-0.2, -0.15) is 8.42 Å². The molecule has 0 spiro atoms. The van der Waals surface area contributed by atoms with Gasteiger partial charge < -0.3 is 10.0 Å². The van der Waals surface area contributed by atoms with Crippen molar-refractivity contribution in [3.05, 3.63) is 23.8 Å². The van der Waals surface area contributed by atoms with E-state index < -0.39 is 26.1 Å². The van der Waals surface area contributed by atoms with Crippen molar-refractivity contribution in [3.63, 3.8) is 0 Å². The van der Waals surface area contributed by atoms with Crippen LogP contribution in [-0.4, -0.2) is 50.6 Å². The molecular weight excluding hydrogens is 342 g/mol. The molecule has 0 saturated carbocycles. The first-order valence-electron chi connectivity index (χ1n) is 7.44. The van der Waals surface area contributed by atoms with Gasteiger partial charge in [-0.1, -0.05) is 0 Å². The molecule has 0 bridgehead atoms. The lowest BCUT2D eigenvalue weighted by Crippen LogP contribution is -2.44. The summed E-state index contributed by atoms with van der Waals surface area (Å²) in [4.78, 5) is 1.80. The van der Waals surface area contributed by atoms with Crippen molar-refractivity contribution >= 4 is 25.6 Å². The first-order chi connectivity index (χ1) is 10.7. The van der Waals surface area contributed by atoms with E-state index in [-0.39, 0.29) is 22.4 Å². The Kier molecular flexibility index (Phi) is 4.16. The van der Waals surface area contributed by atoms with Crippen molar-refractivity contribution in [1.29, 1.82) is 0 Å². The van der Waals surface area contributed by atoms with Crippen molar-refractivity contribution < 1.29 is 26.5 Å². The fourth-order valence-electron chi connectivity index (χ4n) is 3.33. The SMILES string of the molecule is O=S1(=O)CCC(N2CCC(O)c3cc(S(=O)(=O)O)ccc32)CC1. The molecule has 2 heterocycles. The summed E-state index contributed by atoms with van der Waals surface area (Å²) in [5.41, 5.74) is 1.17. The number of aliphatic hydroxyl groups excluding tert-OH is 1. The van der Waals surface area contributed by atoms with Crippen molar-refractivity contribution in [2.45, 2.75) is 36.3 Å². The van der Waals surface area contributed by atoms with Gasteiger partial charge in [0.1, 0.15) is 9.84 Å². The fourth-order valence-corrected chi connectivity index (χ4v) is 5.31. The van der Waals surface area contributed by atoms with Crippen LogP contribution in [-0.2, 0) is 20.0 Å². The fraction of sp³-hybridized carbons (Fsp3) is 0.571. The van der Waals surface area contributed by atoms with Gasteiger partial charge in [-0.05, 0) is 37.5 Å². The van der Waals surface area contributed by atoms with E-state index in [1.54, 1.807) is 6.07 Å². The molecule has 0 amide bonds. The van der Waals surface area contributed by atoms with Gasteiger partial charge in [0, 0.05) is 23.8 Å². The number of aliphatic hydroxyl groups is 1. The van der Waals surface area contributed by atoms with Gasteiger partial charge >= 0.3 is 0 Å². The molecule has 2 aliphatic rings. The molecule has 2 aliphatic heterocycles. The summed E-state index contributed by atoms with van der Waals surface area (Å²) < 4.78 is 54.9. The van der Waals surface area contributed by atoms with Gasteiger partial charge in [0.2, 0.25) is 0 Å². The van der Waals surface area contributed by atoms with Gasteiger partial charge in [-0.3, -0.25) is 4.55 Å². The second-order valence-electron chi connectivity index (χ2n) is 6.08. The average molecular weight is 361 g/mol. The van der Waals surface area contributed by atoms with Gasteiger partial charge in [0.05, 0.1) is 22.5 Å². The molecule has 23 heavy (non-hydrogen) atoms. The van der Waals surface area contributed by atoms with E-state index in [4.69, 9.17) is 4.55 Å². The van der Waals surface area contributed by atoms with E-state index in [0.29, 0.717) is 37.1 Å². The van der Waals surface area contributed by atoms with Gasteiger partial charge in [0.15, 0.2) is 0 Å². The first kappa shape index (κ1) is 16.7. The lowest BCUT2D eigenvalue weighted by Gasteiger charge is -2.41. The molecule has 3 rings (SSSR count). The summed E-state index contributed by atoms with van der Waals surface area (Å²) in [6, 6.07) is 4.23. The lowest BCUT2D eigenvalue weighted by molar-refractivity contribution is 0.162. The molecule has 1 atom stereocenters. The third kappa shape index (κ3) is 3.37. The maximum absolute atomic E-state index is 11.6. The standard InChI is InChI=1S/C14H19NO6S2/c16-14-3-6-15(10-4-7-22(17,18)8-5-10)13-2-1-11(9-12(13)14)23(19,20)21/h1-2,9-10,14,16H,3-8H2,(H,19,20,21). The quantitative estimate of drug-likeness (QED) is 0.748. The Morgan fingerprint density at radius 3 is 2.39 bits per heavy atom. The molecule has 0 aromatic heterocycles. The molecular formula is C14H19NO6S2. The predicted octanol–water partition coefficient (Wildman–Crippen LogP) is 0.754. The third-order valence-electron chi connectivity index (χ3n) is 4.57. The zero-order valence-corrected chi connectivity index (χ0v) is 14.1. The minimum atomic E-state index is -4.33. The zero-order valence-electron chi connectivity index (χ0n) is 12.4. The molecule has 1 fully saturated rings. The van der Waals surface area contributed by atoms with Crippen molar-refractivity contribution in [2.75, 3.05) is 23.0 Å². The minimum absolute atomic E-state index is 0.0568. The highest BCUT2D eigenvalue weighted by atomic mass is 32.2. The molecule has 7 nitrogen and oxygen atoms in total. The van der Waals surface area contributed by atoms with Gasteiger partial charge in [-0.15, -0.1) is 0 Å². The number of anilines is 1. The van der Waals surface area contributed by atoms with Gasteiger partial charge in [-0.25, -0.2) is 8.42 Å². The van der Waals surface area contributed by atoms with Crippen LogP contribution in [0.15, 0.2) is 23.1 Å². The van der Waals surface area contributed by atoms with E-state index in [1.807, 2.05) is 4.90 Å². The van der Waals surface area contributed by atoms with Crippen LogP contribution in [0.3, 0.4) is 0 Å². The van der Waals surface area contributed by atoms with E-state index in [0.717, 1.165) is 0 Å². The van der Waals surface area contributed by atoms with Crippen molar-refractivity contribution in [2.24, 2.45) is 0 Å². The van der Waals surface area contributed by atoms with Crippen LogP contribution in [0.4, 0.5) is 5.69 Å². The summed E-state index contributed by atoms with van der Waals surface area (Å²) in [5, 5.41) is 10.2. The maximum atomic E-state index is 11.6. The summed E-state index contributed by atoms with van der Waals surface area (Å²) in [6.07, 6.45) is 0.691. The number of hydrogen-bond acceptors (Lipinski definition) is 6. The molecule has 128 valence electrons. The molecule has 1 aromatic rings. The minimum Gasteiger partial charge on any atom is -0.388 e. The van der Waals surface area contributed by atoms with Crippen LogP contribution in [0.2, 0.25) is 0 Å². The molecule has 1 saturated heterocycles. The number of sulfone groups is 1. The number of nitrogens with zero attached hydrogens (tertiary/aromatic N) is 1. The number of hydrogen-bond donors (Lipinski definition) is 2. The van der Waals surface area contributed by atoms with Crippen LogP contribution < -0.4 is 4.90 Å². The molecule has 0 radical (unpaired) electrons. The number of fused-ring (bicyclic) bond motifs is 1. The van der Waals surface area contributed by atoms with Crippen LogP contribution >= 0.6 is 0 Å². The smallest absolute Gasteiger partial charge is 0.294 e. The second-order valence-corrected chi connectivity index (χ2v) is 9.80. The maximum Gasteiger partial charge on any atom is 0.294 e. The molecule has 2 N–H and O–H groups in total. The van der Waals surface area contributed by atoms with Crippen molar-refractivity contribution in [3.8, 4) is 0 Å². The molecule has 1 unspecified atom stereocenters. The summed E-state index contributed by atoms with van der Waals surface area (Å²) in [7, 11) is -7.28. The van der Waals surface area contributed by atoms with Crippen LogP contribution in [0.1, 0.15) is 30.9 Å². The van der Waals surface area contributed by atoms with Crippen LogP contribution in [0.5, 0.6) is 0 Å². The summed E-state index contributed by atoms with van der Waals surface area (Å²) >= 11 is 0. The number of benzene rings is 1. The highest BCUT2D eigenvalue weighted by Crippen LogP contribution is 2.38. The van der Waals surface area contributed by atoms with Crippen molar-refractivity contribution in [1.82, 2.24) is 0 Å². The number of rotatable bonds is 2. The highest BCUT2D eigenvalue weighted by Gasteiger charge is 2.33. The molecule has 1 aromatic carbocycles. The molecule has 0 aliphatic carbocycles. The van der Waals surface area contributed by atoms with Gasteiger partial charge in [0.25, 0.3) is 10.1 Å². The topological polar surface area (TPSA) is 112 Å². The molecule has 9 heteroatoms. The monoisotopic (exact) mass is 361 g/mol. The zero-order chi connectivity index (χ0) is 16.8. The Hall–Kier alpha value is -1.16. The second kappa shape index (κ2) is 5.73. The summed E-state index contributed by atoms with van der Waals surface area (Å²) in [6.45, 7) is 0.587. The van der Waals surface area contributed by atoms with E-state index in [1.165, 1.54) is 12.1 Å². The van der Waals surface area contributed by atoms with Crippen LogP contribution in [0.25, 0.3) is 0 Å². The Labute approximate surface area is 135 Å². The highest BCUT2D eigenvalue weighted by molar-refractivity contribution is 7.91. The Morgan fingerprint density at radius 1 is 1.13 bits per heavy atom. The Morgan fingerprint density at radius 2 is 1.78 bits per heavy atom. The van der Waals surface area contributed by atoms with E-state index in [9.17, 15) is 21.9 Å². The largest absolute Gasteiger partial charge is 0.388 e. The normalized spacial score (nSPS) is 25.1. The Bertz CT molecular complexity index is 804. The van der Waals surface area contributed by atoms with E-state index in [2.05, 4.69) is 0 Å². The first-order valence-corrected chi connectivity index (χ1v) is 10.7. The average Bonchev–Trinajstić information content (AvgIpc) is 2.47. The Balaban J connectivity index is 1.94. The third-order valence-corrected chi connectivity index (χ3v) is 7.14. The predicted molar refractivity (Wildman–Crippen MR) is 84.9 cm³/mol. The summed E-state index contributed by atoms with van der Waals surface area (Å²) in [5.74, 6) is 0.296. The van der Waals surface area contributed by atoms with Crippen LogP contribution in [0, 0.1) is 0 Å².